The van der Waals surface area contributed by atoms with Crippen LogP contribution in [0.1, 0.15) is 131 Å². The highest BCUT2D eigenvalue weighted by molar-refractivity contribution is 5.90. The fourth-order valence-corrected chi connectivity index (χ4v) is 12.1. The first-order chi connectivity index (χ1) is 50.7. The first-order valence-electron chi connectivity index (χ1n) is 36.6. The van der Waals surface area contributed by atoms with Crippen LogP contribution in [0.25, 0.3) is 0 Å². The van der Waals surface area contributed by atoms with E-state index in [0.29, 0.717) is 38.6 Å². The van der Waals surface area contributed by atoms with Crippen LogP contribution in [0.5, 0.6) is 0 Å². The van der Waals surface area contributed by atoms with E-state index < -0.39 is 184 Å². The Morgan fingerprint density at radius 1 is 0.396 bits per heavy atom. The minimum atomic E-state index is -1.54. The molecule has 9 amide bonds. The minimum absolute atomic E-state index is 0.0194. The number of ether oxygens (including phenoxy) is 11. The van der Waals surface area contributed by atoms with Crippen LogP contribution in [0.3, 0.4) is 0 Å². The number of carbonyl (C=O) groups excluding carboxylic acids is 9. The van der Waals surface area contributed by atoms with E-state index in [4.69, 9.17) is 52.1 Å². The molecule has 4 aliphatic rings. The average Bonchev–Trinajstić information content (AvgIpc) is 0.868. The lowest BCUT2D eigenvalue weighted by Crippen LogP contribution is -2.64. The van der Waals surface area contributed by atoms with Crippen molar-refractivity contribution in [2.24, 2.45) is 0 Å². The fraction of sp³-hybridized carbons (Fsp3) is 0.866. The van der Waals surface area contributed by atoms with Crippen molar-refractivity contribution in [2.45, 2.75) is 259 Å². The number of carbonyl (C=O) groups is 9. The summed E-state index contributed by atoms with van der Waals surface area (Å²) in [4.78, 5) is 116. The SMILES string of the molecule is CC(=O)NC1C(OCCOCCNC(=O)CCC(NC(=O)CCC(NC(=O)CCCCCCCCCCC(=O)NC[C@H]2C[C@H](OC(C)C)[C@@H](CO)O2)C(=O)NCCOCCOC2OC(CO)C(O)C(O)C2NC(C)=O)C(=O)NCCOCCOC2OC(CO)C(O)C(O)C2NC(C)=O)OC(CO)C(O)C1O. The quantitative estimate of drug-likeness (QED) is 0.0252. The molecular formula is C67H119N9O30. The summed E-state index contributed by atoms with van der Waals surface area (Å²) in [6.07, 6.45) is -11.5. The Bertz CT molecular complexity index is 2590. The summed E-state index contributed by atoms with van der Waals surface area (Å²) in [5, 5.41) is 125. The zero-order chi connectivity index (χ0) is 78.1. The zero-order valence-corrected chi connectivity index (χ0v) is 61.4. The molecule has 4 saturated heterocycles. The number of aliphatic hydroxyl groups is 10. The molecule has 0 aromatic carbocycles. The van der Waals surface area contributed by atoms with Crippen molar-refractivity contribution in [3.05, 3.63) is 0 Å². The van der Waals surface area contributed by atoms with Gasteiger partial charge in [-0.1, -0.05) is 38.5 Å². The van der Waals surface area contributed by atoms with Gasteiger partial charge in [0.15, 0.2) is 18.9 Å². The topological polar surface area (TPSA) is 566 Å². The highest BCUT2D eigenvalue weighted by Crippen LogP contribution is 2.27. The molecule has 4 heterocycles. The normalized spacial score (nSPS) is 27.8. The molecule has 19 N–H and O–H groups in total. The van der Waals surface area contributed by atoms with Gasteiger partial charge in [0.05, 0.1) is 104 Å². The number of hydrogen-bond donors (Lipinski definition) is 19. The molecule has 0 spiro atoms. The Morgan fingerprint density at radius 2 is 0.736 bits per heavy atom. The van der Waals surface area contributed by atoms with Gasteiger partial charge in [0.25, 0.3) is 0 Å². The molecule has 612 valence electrons. The second-order valence-electron chi connectivity index (χ2n) is 26.6. The maximum absolute atomic E-state index is 13.8. The van der Waals surface area contributed by atoms with Crippen LogP contribution in [-0.2, 0) is 95.3 Å². The molecule has 106 heavy (non-hydrogen) atoms. The van der Waals surface area contributed by atoms with Gasteiger partial charge in [-0.05, 0) is 39.5 Å². The highest BCUT2D eigenvalue weighted by Gasteiger charge is 2.48. The Labute approximate surface area is 616 Å². The third-order valence-corrected chi connectivity index (χ3v) is 17.6. The average molecular weight is 1530 g/mol. The fourth-order valence-electron chi connectivity index (χ4n) is 12.1. The Balaban J connectivity index is 1.32. The monoisotopic (exact) mass is 1530 g/mol. The lowest BCUT2D eigenvalue weighted by molar-refractivity contribution is -0.272. The molecule has 4 fully saturated rings. The van der Waals surface area contributed by atoms with Gasteiger partial charge in [-0.25, -0.2) is 0 Å². The van der Waals surface area contributed by atoms with E-state index >= 15 is 0 Å². The van der Waals surface area contributed by atoms with Gasteiger partial charge in [0, 0.05) is 79.1 Å². The van der Waals surface area contributed by atoms with Crippen LogP contribution in [0, 0.1) is 0 Å². The van der Waals surface area contributed by atoms with E-state index in [1.54, 1.807) is 0 Å². The highest BCUT2D eigenvalue weighted by atomic mass is 16.7. The number of amides is 9. The second kappa shape index (κ2) is 51.7. The number of aliphatic hydroxyl groups excluding tert-OH is 10. The third kappa shape index (κ3) is 34.5. The van der Waals surface area contributed by atoms with E-state index in [-0.39, 0.29) is 136 Å². The van der Waals surface area contributed by atoms with Crippen LogP contribution < -0.4 is 47.9 Å². The molecule has 4 rings (SSSR count). The van der Waals surface area contributed by atoms with Crippen molar-refractivity contribution in [2.75, 3.05) is 112 Å². The standard InChI is InChI=1S/C67H119N9O30/c1-38(2)102-45-32-42(103-46(45)34-77)33-71-50(84)14-12-10-8-6-7-9-11-13-15-52(86)75-44(64(95)70-22-25-98-28-31-101-67-56(74-41(5)83)62(93)59(90)49(37-80)106-67)17-19-53(87)76-43(63(94)69-21-24-97-27-30-100-66-55(73-40(4)82)61(92)58(89)48(36-79)105-66)16-18-51(85)68-20-23-96-26-29-99-65-54(72-39(3)81)60(91)57(88)47(35-78)104-65/h38,42-49,54-62,65-67,77-80,88-93H,6-37H2,1-5H3,(H,68,85)(H,69,94)(H,70,95)(H,71,84)(H,72,81)(H,73,82)(H,74,83)(H,75,86)(H,76,87)/t42-,43?,44?,45+,46-,47?,48?,49?,54?,55?,56?,57?,58?,59?,60?,61?,62?,65?,66?,67?/m1/s1. The Kier molecular flexibility index (Phi) is 45.3. The number of unbranched alkanes of at least 4 members (excludes halogenated alkanes) is 7. The molecule has 0 aromatic heterocycles. The summed E-state index contributed by atoms with van der Waals surface area (Å²) in [5.74, 6) is -4.88. The lowest BCUT2D eigenvalue weighted by atomic mass is 9.97. The summed E-state index contributed by atoms with van der Waals surface area (Å²) in [6.45, 7) is 4.43. The predicted octanol–water partition coefficient (Wildman–Crippen LogP) is -7.24. The number of hydrogen-bond acceptors (Lipinski definition) is 30. The molecule has 0 radical (unpaired) electrons. The summed E-state index contributed by atoms with van der Waals surface area (Å²) in [5.41, 5.74) is 0. The van der Waals surface area contributed by atoms with E-state index in [0.717, 1.165) is 32.1 Å². The van der Waals surface area contributed by atoms with Crippen molar-refractivity contribution in [1.82, 2.24) is 47.9 Å². The second-order valence-corrected chi connectivity index (χ2v) is 26.6. The van der Waals surface area contributed by atoms with E-state index in [2.05, 4.69) is 47.9 Å². The minimum Gasteiger partial charge on any atom is -0.394 e. The van der Waals surface area contributed by atoms with Gasteiger partial charge in [-0.15, -0.1) is 0 Å². The van der Waals surface area contributed by atoms with Gasteiger partial charge < -0.3 is 151 Å². The van der Waals surface area contributed by atoms with Gasteiger partial charge in [-0.3, -0.25) is 43.2 Å². The van der Waals surface area contributed by atoms with Crippen molar-refractivity contribution in [1.29, 1.82) is 0 Å². The summed E-state index contributed by atoms with van der Waals surface area (Å²) in [7, 11) is 0. The molecular weight excluding hydrogens is 1410 g/mol. The molecule has 0 bridgehead atoms. The van der Waals surface area contributed by atoms with Crippen LogP contribution in [0.15, 0.2) is 0 Å². The van der Waals surface area contributed by atoms with Crippen molar-refractivity contribution >= 4 is 53.2 Å². The lowest BCUT2D eigenvalue weighted by Gasteiger charge is -2.42. The summed E-state index contributed by atoms with van der Waals surface area (Å²) in [6, 6.07) is -6.16. The maximum Gasteiger partial charge on any atom is 0.242 e. The zero-order valence-electron chi connectivity index (χ0n) is 61.4. The van der Waals surface area contributed by atoms with Gasteiger partial charge in [-0.2, -0.15) is 0 Å². The Morgan fingerprint density at radius 3 is 1.10 bits per heavy atom. The molecule has 0 saturated carbocycles. The van der Waals surface area contributed by atoms with Crippen LogP contribution >= 0.6 is 0 Å². The molecule has 17 unspecified atom stereocenters. The molecule has 0 aliphatic carbocycles. The summed E-state index contributed by atoms with van der Waals surface area (Å²) >= 11 is 0. The largest absolute Gasteiger partial charge is 0.394 e. The molecule has 39 heteroatoms. The molecule has 20 atom stereocenters. The Hall–Kier alpha value is -5.61. The van der Waals surface area contributed by atoms with E-state index in [9.17, 15) is 94.2 Å². The maximum atomic E-state index is 13.8. The van der Waals surface area contributed by atoms with Crippen LogP contribution in [0.2, 0.25) is 0 Å². The van der Waals surface area contributed by atoms with Crippen molar-refractivity contribution in [3.63, 3.8) is 0 Å². The number of nitrogens with one attached hydrogen (secondary N) is 9. The molecule has 0 aromatic rings. The van der Waals surface area contributed by atoms with Crippen molar-refractivity contribution < 1.29 is 146 Å². The molecule has 4 aliphatic heterocycles. The predicted molar refractivity (Wildman–Crippen MR) is 367 cm³/mol. The van der Waals surface area contributed by atoms with E-state index in [1.165, 1.54) is 20.8 Å². The van der Waals surface area contributed by atoms with Gasteiger partial charge in [0.2, 0.25) is 53.2 Å². The smallest absolute Gasteiger partial charge is 0.242 e. The van der Waals surface area contributed by atoms with E-state index in [1.807, 2.05) is 13.8 Å². The van der Waals surface area contributed by atoms with Crippen molar-refractivity contribution in [3.8, 4) is 0 Å². The third-order valence-electron chi connectivity index (χ3n) is 17.6. The molecule has 39 nitrogen and oxygen atoms in total. The first kappa shape index (κ1) is 92.8. The van der Waals surface area contributed by atoms with Gasteiger partial charge in [0.1, 0.15) is 91.2 Å². The summed E-state index contributed by atoms with van der Waals surface area (Å²) < 4.78 is 62.1. The van der Waals surface area contributed by atoms with Gasteiger partial charge >= 0.3 is 0 Å². The first-order valence-corrected chi connectivity index (χ1v) is 36.6. The van der Waals surface area contributed by atoms with Crippen LogP contribution in [0.4, 0.5) is 0 Å². The number of rotatable bonds is 53. The van der Waals surface area contributed by atoms with Crippen LogP contribution in [-0.4, -0.2) is 345 Å².